The minimum Gasteiger partial charge on any atom is -0.268 e. The summed E-state index contributed by atoms with van der Waals surface area (Å²) in [6.07, 6.45) is 2.01. The zero-order valence-electron chi connectivity index (χ0n) is 10.7. The molecule has 0 fully saturated rings. The molecule has 0 aliphatic rings. The lowest BCUT2D eigenvalue weighted by molar-refractivity contribution is 1.08. The van der Waals surface area contributed by atoms with E-state index in [2.05, 4.69) is 4.98 Å². The van der Waals surface area contributed by atoms with E-state index in [0.717, 1.165) is 26.0 Å². The van der Waals surface area contributed by atoms with Crippen LogP contribution in [0.2, 0.25) is 0 Å². The molecular weight excluding hydrogens is 288 g/mol. The molecule has 0 saturated heterocycles. The number of aromatic nitrogens is 2. The number of thioether (sulfide) groups is 1. The van der Waals surface area contributed by atoms with Gasteiger partial charge in [-0.1, -0.05) is 18.2 Å². The highest BCUT2D eigenvalue weighted by molar-refractivity contribution is 7.98. The van der Waals surface area contributed by atoms with Gasteiger partial charge in [0.2, 0.25) is 0 Å². The summed E-state index contributed by atoms with van der Waals surface area (Å²) < 4.78 is 2.79. The van der Waals surface area contributed by atoms with Crippen molar-refractivity contribution in [2.75, 3.05) is 6.26 Å². The van der Waals surface area contributed by atoms with Crippen LogP contribution in [0.1, 0.15) is 0 Å². The second-order valence-corrected chi connectivity index (χ2v) is 6.20. The average Bonchev–Trinajstić information content (AvgIpc) is 2.95. The SMILES string of the molecule is CSc1nc2cc3ccccc3c(=O)n2c2ccsc12. The van der Waals surface area contributed by atoms with Gasteiger partial charge in [0.25, 0.3) is 5.56 Å². The second-order valence-electron chi connectivity index (χ2n) is 4.49. The van der Waals surface area contributed by atoms with Crippen molar-refractivity contribution in [3.05, 3.63) is 52.1 Å². The Morgan fingerprint density at radius 3 is 2.95 bits per heavy atom. The standard InChI is InChI=1S/C15H10N2OS2/c1-19-14-13-11(6-7-20-13)17-12(16-14)8-9-4-2-3-5-10(9)15(17)18/h2-8H,1H3. The van der Waals surface area contributed by atoms with Crippen LogP contribution in [0.25, 0.3) is 26.6 Å². The first-order valence-electron chi connectivity index (χ1n) is 6.15. The Balaban J connectivity index is 2.35. The number of thiophene rings is 1. The maximum atomic E-state index is 12.7. The Morgan fingerprint density at radius 1 is 1.25 bits per heavy atom. The van der Waals surface area contributed by atoms with E-state index < -0.39 is 0 Å². The molecule has 98 valence electrons. The number of hydrogen-bond donors (Lipinski definition) is 0. The fourth-order valence-electron chi connectivity index (χ4n) is 2.49. The predicted octanol–water partition coefficient (Wildman–Crippen LogP) is 3.78. The third-order valence-electron chi connectivity index (χ3n) is 3.40. The van der Waals surface area contributed by atoms with E-state index in [-0.39, 0.29) is 5.56 Å². The highest BCUT2D eigenvalue weighted by Crippen LogP contribution is 2.30. The van der Waals surface area contributed by atoms with Gasteiger partial charge in [0.15, 0.2) is 0 Å². The van der Waals surface area contributed by atoms with Gasteiger partial charge in [-0.25, -0.2) is 4.98 Å². The van der Waals surface area contributed by atoms with Crippen molar-refractivity contribution in [2.24, 2.45) is 0 Å². The van der Waals surface area contributed by atoms with E-state index in [4.69, 9.17) is 0 Å². The second kappa shape index (κ2) is 4.33. The Hall–Kier alpha value is -1.85. The molecule has 0 saturated carbocycles. The van der Waals surface area contributed by atoms with E-state index in [9.17, 15) is 4.79 Å². The summed E-state index contributed by atoms with van der Waals surface area (Å²) in [5.74, 6) is 0. The molecule has 0 radical (unpaired) electrons. The van der Waals surface area contributed by atoms with Crippen LogP contribution in [0.3, 0.4) is 0 Å². The van der Waals surface area contributed by atoms with E-state index in [1.54, 1.807) is 27.5 Å². The van der Waals surface area contributed by atoms with E-state index in [1.165, 1.54) is 0 Å². The van der Waals surface area contributed by atoms with Gasteiger partial charge in [-0.15, -0.1) is 23.1 Å². The lowest BCUT2D eigenvalue weighted by Gasteiger charge is -2.07. The Bertz CT molecular complexity index is 1020. The van der Waals surface area contributed by atoms with Crippen LogP contribution >= 0.6 is 23.1 Å². The van der Waals surface area contributed by atoms with E-state index >= 15 is 0 Å². The van der Waals surface area contributed by atoms with Gasteiger partial charge < -0.3 is 0 Å². The predicted molar refractivity (Wildman–Crippen MR) is 86.1 cm³/mol. The van der Waals surface area contributed by atoms with Gasteiger partial charge in [0.1, 0.15) is 10.7 Å². The molecule has 0 N–H and O–H groups in total. The van der Waals surface area contributed by atoms with Crippen molar-refractivity contribution < 1.29 is 0 Å². The number of benzene rings is 1. The van der Waals surface area contributed by atoms with Crippen LogP contribution in [0, 0.1) is 0 Å². The maximum Gasteiger partial charge on any atom is 0.264 e. The molecule has 3 heterocycles. The Kier molecular flexibility index (Phi) is 2.58. The van der Waals surface area contributed by atoms with Crippen LogP contribution < -0.4 is 5.56 Å². The summed E-state index contributed by atoms with van der Waals surface area (Å²) in [7, 11) is 0. The monoisotopic (exact) mass is 298 g/mol. The van der Waals surface area contributed by atoms with Gasteiger partial charge in [-0.3, -0.25) is 9.20 Å². The molecule has 4 rings (SSSR count). The summed E-state index contributed by atoms with van der Waals surface area (Å²) in [5, 5.41) is 4.65. The molecule has 0 unspecified atom stereocenters. The van der Waals surface area contributed by atoms with Crippen molar-refractivity contribution in [2.45, 2.75) is 5.03 Å². The molecule has 20 heavy (non-hydrogen) atoms. The lowest BCUT2D eigenvalue weighted by Crippen LogP contribution is -2.15. The van der Waals surface area contributed by atoms with Crippen molar-refractivity contribution >= 4 is 49.7 Å². The van der Waals surface area contributed by atoms with Crippen LogP contribution in [-0.2, 0) is 0 Å². The Morgan fingerprint density at radius 2 is 2.10 bits per heavy atom. The topological polar surface area (TPSA) is 34.4 Å². The number of rotatable bonds is 1. The molecule has 3 nitrogen and oxygen atoms in total. The molecule has 0 spiro atoms. The molecule has 5 heteroatoms. The van der Waals surface area contributed by atoms with Crippen LogP contribution in [0.4, 0.5) is 0 Å². The summed E-state index contributed by atoms with van der Waals surface area (Å²) in [5.41, 5.74) is 1.66. The van der Waals surface area contributed by atoms with Crippen LogP contribution in [0.5, 0.6) is 0 Å². The number of nitrogens with zero attached hydrogens (tertiary/aromatic N) is 2. The zero-order valence-corrected chi connectivity index (χ0v) is 12.3. The molecule has 0 amide bonds. The quantitative estimate of drug-likeness (QED) is 0.305. The van der Waals surface area contributed by atoms with Crippen molar-refractivity contribution in [1.29, 1.82) is 0 Å². The fraction of sp³-hybridized carbons (Fsp3) is 0.0667. The summed E-state index contributed by atoms with van der Waals surface area (Å²) in [6.45, 7) is 0. The summed E-state index contributed by atoms with van der Waals surface area (Å²) >= 11 is 3.24. The van der Waals surface area contributed by atoms with Crippen LogP contribution in [0.15, 0.2) is 51.6 Å². The molecule has 0 aliphatic heterocycles. The average molecular weight is 298 g/mol. The van der Waals surface area contributed by atoms with Crippen molar-refractivity contribution in [1.82, 2.24) is 9.38 Å². The third-order valence-corrected chi connectivity index (χ3v) is 5.12. The minimum absolute atomic E-state index is 0.00153. The van der Waals surface area contributed by atoms with E-state index in [0.29, 0.717) is 5.65 Å². The molecule has 4 aromatic rings. The first-order valence-corrected chi connectivity index (χ1v) is 8.26. The summed E-state index contributed by atoms with van der Waals surface area (Å²) in [4.78, 5) is 17.4. The maximum absolute atomic E-state index is 12.7. The highest BCUT2D eigenvalue weighted by atomic mass is 32.2. The number of pyridine rings is 1. The molecule has 1 aromatic carbocycles. The van der Waals surface area contributed by atoms with Crippen molar-refractivity contribution in [3.63, 3.8) is 0 Å². The highest BCUT2D eigenvalue weighted by Gasteiger charge is 2.12. The summed E-state index contributed by atoms with van der Waals surface area (Å²) in [6, 6.07) is 11.6. The number of hydrogen-bond acceptors (Lipinski definition) is 4. The molecule has 0 bridgehead atoms. The van der Waals surface area contributed by atoms with E-state index in [1.807, 2.05) is 48.0 Å². The molecule has 0 atom stereocenters. The normalized spacial score (nSPS) is 11.7. The third kappa shape index (κ3) is 1.53. The minimum atomic E-state index is 0.00153. The van der Waals surface area contributed by atoms with Gasteiger partial charge in [-0.05, 0) is 35.2 Å². The molecule has 3 aromatic heterocycles. The largest absolute Gasteiger partial charge is 0.268 e. The van der Waals surface area contributed by atoms with Crippen LogP contribution in [-0.4, -0.2) is 15.6 Å². The zero-order chi connectivity index (χ0) is 13.7. The van der Waals surface area contributed by atoms with Gasteiger partial charge in [0, 0.05) is 5.39 Å². The Labute approximate surface area is 122 Å². The van der Waals surface area contributed by atoms with Gasteiger partial charge in [0.05, 0.1) is 10.2 Å². The first-order chi connectivity index (χ1) is 9.79. The smallest absolute Gasteiger partial charge is 0.264 e. The van der Waals surface area contributed by atoms with Gasteiger partial charge in [-0.2, -0.15) is 0 Å². The lowest BCUT2D eigenvalue weighted by atomic mass is 10.2. The number of fused-ring (bicyclic) bond motifs is 4. The molecular formula is C15H10N2OS2. The van der Waals surface area contributed by atoms with Crippen molar-refractivity contribution in [3.8, 4) is 0 Å². The van der Waals surface area contributed by atoms with Gasteiger partial charge >= 0.3 is 0 Å². The first kappa shape index (κ1) is 11.9. The molecule has 0 aliphatic carbocycles. The fourth-order valence-corrected chi connectivity index (χ4v) is 4.12.